The Kier molecular flexibility index (Phi) is 5.03. The van der Waals surface area contributed by atoms with E-state index in [1.165, 1.54) is 4.90 Å². The maximum atomic E-state index is 12.8. The molecule has 2 fully saturated rings. The number of aryl methyl sites for hydroxylation is 1. The van der Waals surface area contributed by atoms with Crippen LogP contribution in [-0.4, -0.2) is 60.1 Å². The van der Waals surface area contributed by atoms with E-state index in [1.807, 2.05) is 31.2 Å². The first kappa shape index (κ1) is 17.4. The van der Waals surface area contributed by atoms with Gasteiger partial charge in [-0.15, -0.1) is 0 Å². The number of nitrogens with zero attached hydrogens (tertiary/aromatic N) is 2. The maximum Gasteiger partial charge on any atom is 0.328 e. The number of amides is 2. The lowest BCUT2D eigenvalue weighted by molar-refractivity contribution is -0.160. The molecule has 2 unspecified atom stereocenters. The number of morpholine rings is 1. The number of benzene rings is 1. The zero-order chi connectivity index (χ0) is 18.0. The minimum Gasteiger partial charge on any atom is -0.480 e. The molecule has 0 radical (unpaired) electrons. The van der Waals surface area contributed by atoms with Crippen molar-refractivity contribution in [3.63, 3.8) is 0 Å². The highest BCUT2D eigenvalue weighted by Gasteiger charge is 2.41. The Labute approximate surface area is 146 Å². The third-order valence-corrected chi connectivity index (χ3v) is 4.83. The van der Waals surface area contributed by atoms with E-state index in [1.54, 1.807) is 4.90 Å². The van der Waals surface area contributed by atoms with Gasteiger partial charge in [-0.3, -0.25) is 9.59 Å². The molecule has 2 saturated heterocycles. The van der Waals surface area contributed by atoms with Crippen LogP contribution in [0.3, 0.4) is 0 Å². The summed E-state index contributed by atoms with van der Waals surface area (Å²) in [5.41, 5.74) is 1.89. The molecule has 1 aromatic carbocycles. The number of carboxylic acid groups (broad SMARTS) is 1. The average Bonchev–Trinajstić information content (AvgIpc) is 3.02. The van der Waals surface area contributed by atoms with Gasteiger partial charge in [0.05, 0.1) is 19.1 Å². The smallest absolute Gasteiger partial charge is 0.328 e. The van der Waals surface area contributed by atoms with Gasteiger partial charge in [0.2, 0.25) is 11.8 Å². The number of carbonyl (C=O) groups excluding carboxylic acids is 2. The zero-order valence-corrected chi connectivity index (χ0v) is 14.2. The maximum absolute atomic E-state index is 12.8. The van der Waals surface area contributed by atoms with Crippen molar-refractivity contribution in [3.05, 3.63) is 29.8 Å². The highest BCUT2D eigenvalue weighted by Crippen LogP contribution is 2.30. The molecule has 1 aromatic rings. The molecule has 0 aliphatic carbocycles. The van der Waals surface area contributed by atoms with Gasteiger partial charge in [-0.25, -0.2) is 4.79 Å². The van der Waals surface area contributed by atoms with E-state index in [2.05, 4.69) is 0 Å². The molecule has 0 bridgehead atoms. The predicted octanol–water partition coefficient (Wildman–Crippen LogP) is 0.914. The number of hydrogen-bond donors (Lipinski definition) is 1. The average molecular weight is 346 g/mol. The molecule has 2 aliphatic rings. The third kappa shape index (κ3) is 3.37. The van der Waals surface area contributed by atoms with Crippen molar-refractivity contribution >= 4 is 23.5 Å². The summed E-state index contributed by atoms with van der Waals surface area (Å²) < 4.78 is 5.18. The van der Waals surface area contributed by atoms with E-state index in [-0.39, 0.29) is 31.4 Å². The van der Waals surface area contributed by atoms with Crippen LogP contribution in [0.1, 0.15) is 18.9 Å². The van der Waals surface area contributed by atoms with E-state index < -0.39 is 17.9 Å². The number of aliphatic carboxylic acids is 1. The van der Waals surface area contributed by atoms with E-state index in [0.717, 1.165) is 17.7 Å². The van der Waals surface area contributed by atoms with Crippen molar-refractivity contribution in [2.45, 2.75) is 25.8 Å². The molecule has 25 heavy (non-hydrogen) atoms. The summed E-state index contributed by atoms with van der Waals surface area (Å²) in [6, 6.07) is 6.68. The quantitative estimate of drug-likeness (QED) is 0.876. The number of hydrogen-bond acceptors (Lipinski definition) is 4. The number of carbonyl (C=O) groups is 3. The molecule has 1 N–H and O–H groups in total. The molecule has 7 heteroatoms. The summed E-state index contributed by atoms with van der Waals surface area (Å²) in [6.45, 7) is 2.86. The van der Waals surface area contributed by atoms with Crippen molar-refractivity contribution in [2.75, 3.05) is 31.2 Å². The van der Waals surface area contributed by atoms with Crippen LogP contribution in [0, 0.1) is 5.92 Å². The Morgan fingerprint density at radius 3 is 2.80 bits per heavy atom. The van der Waals surface area contributed by atoms with Crippen LogP contribution < -0.4 is 4.90 Å². The molecule has 2 heterocycles. The van der Waals surface area contributed by atoms with Crippen molar-refractivity contribution in [1.82, 2.24) is 4.90 Å². The molecule has 3 rings (SSSR count). The normalized spacial score (nSPS) is 23.8. The molecule has 2 atom stereocenters. The van der Waals surface area contributed by atoms with Crippen molar-refractivity contribution in [2.24, 2.45) is 5.92 Å². The zero-order valence-electron chi connectivity index (χ0n) is 14.2. The lowest BCUT2D eigenvalue weighted by Crippen LogP contribution is -2.54. The molecule has 0 aromatic heterocycles. The Hall–Kier alpha value is -2.41. The van der Waals surface area contributed by atoms with Gasteiger partial charge < -0.3 is 19.6 Å². The molecule has 7 nitrogen and oxygen atoms in total. The van der Waals surface area contributed by atoms with Crippen LogP contribution in [0.2, 0.25) is 0 Å². The largest absolute Gasteiger partial charge is 0.480 e. The first-order chi connectivity index (χ1) is 12.0. The number of anilines is 1. The van der Waals surface area contributed by atoms with Gasteiger partial charge in [-0.1, -0.05) is 25.1 Å². The molecule has 0 saturated carbocycles. The van der Waals surface area contributed by atoms with Gasteiger partial charge in [-0.05, 0) is 18.1 Å². The first-order valence-electron chi connectivity index (χ1n) is 8.52. The van der Waals surface area contributed by atoms with Crippen LogP contribution in [0.5, 0.6) is 0 Å². The summed E-state index contributed by atoms with van der Waals surface area (Å²) in [5, 5.41) is 9.30. The topological polar surface area (TPSA) is 87.2 Å². The summed E-state index contributed by atoms with van der Waals surface area (Å²) >= 11 is 0. The summed E-state index contributed by atoms with van der Waals surface area (Å²) in [6.07, 6.45) is 0.906. The lowest BCUT2D eigenvalue weighted by Gasteiger charge is -2.34. The van der Waals surface area contributed by atoms with Gasteiger partial charge in [0, 0.05) is 25.2 Å². The number of para-hydroxylation sites is 1. The fourth-order valence-electron chi connectivity index (χ4n) is 3.49. The SMILES string of the molecule is CCc1ccccc1N1CC(C(=O)N2CCOCC2C(=O)O)CC1=O. The number of ether oxygens (including phenoxy) is 1. The molecule has 0 spiro atoms. The van der Waals surface area contributed by atoms with E-state index in [9.17, 15) is 19.5 Å². The van der Waals surface area contributed by atoms with Gasteiger partial charge in [-0.2, -0.15) is 0 Å². The Balaban J connectivity index is 1.77. The second-order valence-electron chi connectivity index (χ2n) is 6.35. The van der Waals surface area contributed by atoms with Gasteiger partial charge in [0.25, 0.3) is 0 Å². The van der Waals surface area contributed by atoms with Crippen molar-refractivity contribution < 1.29 is 24.2 Å². The Morgan fingerprint density at radius 2 is 2.08 bits per heavy atom. The van der Waals surface area contributed by atoms with Crippen LogP contribution in [-0.2, 0) is 25.5 Å². The summed E-state index contributed by atoms with van der Waals surface area (Å²) in [4.78, 5) is 39.7. The fraction of sp³-hybridized carbons (Fsp3) is 0.500. The third-order valence-electron chi connectivity index (χ3n) is 4.83. The van der Waals surface area contributed by atoms with Gasteiger partial charge in [0.15, 0.2) is 6.04 Å². The molecule has 134 valence electrons. The fourth-order valence-corrected chi connectivity index (χ4v) is 3.49. The van der Waals surface area contributed by atoms with Crippen molar-refractivity contribution in [1.29, 1.82) is 0 Å². The summed E-state index contributed by atoms with van der Waals surface area (Å²) in [7, 11) is 0. The molecule has 2 aliphatic heterocycles. The van der Waals surface area contributed by atoms with Crippen molar-refractivity contribution in [3.8, 4) is 0 Å². The molecule has 2 amide bonds. The summed E-state index contributed by atoms with van der Waals surface area (Å²) in [5.74, 6) is -1.97. The van der Waals surface area contributed by atoms with E-state index >= 15 is 0 Å². The molecular formula is C18H22N2O5. The highest BCUT2D eigenvalue weighted by molar-refractivity contribution is 6.01. The Morgan fingerprint density at radius 1 is 1.32 bits per heavy atom. The van der Waals surface area contributed by atoms with Crippen LogP contribution in [0.25, 0.3) is 0 Å². The van der Waals surface area contributed by atoms with E-state index in [4.69, 9.17) is 4.74 Å². The van der Waals surface area contributed by atoms with Crippen LogP contribution in [0.4, 0.5) is 5.69 Å². The first-order valence-corrected chi connectivity index (χ1v) is 8.52. The van der Waals surface area contributed by atoms with Gasteiger partial charge in [0.1, 0.15) is 0 Å². The number of rotatable bonds is 4. The second kappa shape index (κ2) is 7.23. The minimum atomic E-state index is -1.08. The minimum absolute atomic E-state index is 0.00980. The van der Waals surface area contributed by atoms with Crippen LogP contribution in [0.15, 0.2) is 24.3 Å². The lowest BCUT2D eigenvalue weighted by atomic mass is 10.0. The van der Waals surface area contributed by atoms with Crippen LogP contribution >= 0.6 is 0 Å². The Bertz CT molecular complexity index is 690. The number of carboxylic acids is 1. The molecular weight excluding hydrogens is 324 g/mol. The monoisotopic (exact) mass is 346 g/mol. The second-order valence-corrected chi connectivity index (χ2v) is 6.35. The van der Waals surface area contributed by atoms with Gasteiger partial charge >= 0.3 is 5.97 Å². The highest BCUT2D eigenvalue weighted by atomic mass is 16.5. The van der Waals surface area contributed by atoms with E-state index in [0.29, 0.717) is 13.2 Å². The standard InChI is InChI=1S/C18H22N2O5/c1-2-12-5-3-4-6-14(12)20-10-13(9-16(20)21)17(22)19-7-8-25-11-15(19)18(23)24/h3-6,13,15H,2,7-11H2,1H3,(H,23,24). The predicted molar refractivity (Wildman–Crippen MR) is 90.2 cm³/mol.